The molecular formula is C41H30O2. The van der Waals surface area contributed by atoms with Crippen molar-refractivity contribution in [2.24, 2.45) is 0 Å². The molecule has 1 aliphatic carbocycles. The maximum absolute atomic E-state index is 6.45. The third-order valence-electron chi connectivity index (χ3n) is 9.75. The van der Waals surface area contributed by atoms with Crippen molar-refractivity contribution >= 4 is 43.9 Å². The van der Waals surface area contributed by atoms with Crippen LogP contribution in [0.1, 0.15) is 36.1 Å². The summed E-state index contributed by atoms with van der Waals surface area (Å²) in [5.41, 5.74) is 16.2. The van der Waals surface area contributed by atoms with Crippen molar-refractivity contribution in [2.45, 2.75) is 33.1 Å². The van der Waals surface area contributed by atoms with Gasteiger partial charge in [0.2, 0.25) is 0 Å². The molecule has 0 saturated carbocycles. The van der Waals surface area contributed by atoms with Crippen LogP contribution >= 0.6 is 0 Å². The number of benzene rings is 6. The minimum absolute atomic E-state index is 0.168. The molecule has 0 atom stereocenters. The molecular weight excluding hydrogens is 524 g/mol. The Labute approximate surface area is 250 Å². The summed E-state index contributed by atoms with van der Waals surface area (Å²) in [6.45, 7) is 9.18. The fourth-order valence-corrected chi connectivity index (χ4v) is 7.54. The molecule has 0 bridgehead atoms. The highest BCUT2D eigenvalue weighted by Gasteiger charge is 2.37. The summed E-state index contributed by atoms with van der Waals surface area (Å²) in [4.78, 5) is 0. The van der Waals surface area contributed by atoms with E-state index in [0.29, 0.717) is 0 Å². The minimum Gasteiger partial charge on any atom is -0.455 e. The zero-order chi connectivity index (χ0) is 29.0. The Morgan fingerprint density at radius 1 is 0.419 bits per heavy atom. The minimum atomic E-state index is -0.168. The maximum atomic E-state index is 6.45. The number of para-hydroxylation sites is 4. The van der Waals surface area contributed by atoms with Crippen molar-refractivity contribution in [1.82, 2.24) is 0 Å². The molecule has 8 aromatic rings. The monoisotopic (exact) mass is 554 g/mol. The smallest absolute Gasteiger partial charge is 0.143 e. The van der Waals surface area contributed by atoms with Gasteiger partial charge in [-0.05, 0) is 82.6 Å². The summed E-state index contributed by atoms with van der Waals surface area (Å²) in [7, 11) is 0. The van der Waals surface area contributed by atoms with Crippen LogP contribution in [0, 0.1) is 13.8 Å². The molecule has 0 radical (unpaired) electrons. The van der Waals surface area contributed by atoms with Crippen molar-refractivity contribution in [3.05, 3.63) is 131 Å². The van der Waals surface area contributed by atoms with Crippen molar-refractivity contribution < 1.29 is 8.83 Å². The van der Waals surface area contributed by atoms with Crippen LogP contribution in [0.3, 0.4) is 0 Å². The zero-order valence-corrected chi connectivity index (χ0v) is 24.7. The second-order valence-electron chi connectivity index (χ2n) is 12.6. The quantitative estimate of drug-likeness (QED) is 0.212. The summed E-state index contributed by atoms with van der Waals surface area (Å²) in [5.74, 6) is 0. The van der Waals surface area contributed by atoms with Gasteiger partial charge in [-0.2, -0.15) is 0 Å². The number of hydrogen-bond acceptors (Lipinski definition) is 2. The highest BCUT2D eigenvalue weighted by Crippen LogP contribution is 2.53. The summed E-state index contributed by atoms with van der Waals surface area (Å²) in [5, 5.41) is 4.65. The first-order valence-electron chi connectivity index (χ1n) is 15.0. The number of hydrogen-bond donors (Lipinski definition) is 0. The molecule has 2 nitrogen and oxygen atoms in total. The Morgan fingerprint density at radius 2 is 0.837 bits per heavy atom. The molecule has 0 fully saturated rings. The molecule has 0 aliphatic heterocycles. The summed E-state index contributed by atoms with van der Waals surface area (Å²) >= 11 is 0. The Balaban J connectivity index is 1.23. The van der Waals surface area contributed by atoms with Gasteiger partial charge in [-0.15, -0.1) is 0 Å². The van der Waals surface area contributed by atoms with Crippen LogP contribution in [0.2, 0.25) is 0 Å². The molecule has 206 valence electrons. The number of rotatable bonds is 2. The first kappa shape index (κ1) is 24.5. The fraction of sp³-hybridized carbons (Fsp3) is 0.122. The van der Waals surface area contributed by atoms with Gasteiger partial charge in [0.05, 0.1) is 0 Å². The third kappa shape index (κ3) is 3.29. The van der Waals surface area contributed by atoms with E-state index in [0.717, 1.165) is 55.0 Å². The third-order valence-corrected chi connectivity index (χ3v) is 9.75. The molecule has 9 rings (SSSR count). The van der Waals surface area contributed by atoms with Gasteiger partial charge in [-0.3, -0.25) is 0 Å². The summed E-state index contributed by atoms with van der Waals surface area (Å²) < 4.78 is 12.9. The van der Waals surface area contributed by atoms with Crippen LogP contribution in [0.25, 0.3) is 77.3 Å². The molecule has 0 spiro atoms. The van der Waals surface area contributed by atoms with Gasteiger partial charge in [0, 0.05) is 38.1 Å². The molecule has 2 aromatic heterocycles. The van der Waals surface area contributed by atoms with Gasteiger partial charge >= 0.3 is 0 Å². The van der Waals surface area contributed by atoms with Crippen LogP contribution in [0.4, 0.5) is 0 Å². The van der Waals surface area contributed by atoms with Crippen LogP contribution < -0.4 is 0 Å². The van der Waals surface area contributed by atoms with Gasteiger partial charge in [0.1, 0.15) is 22.3 Å². The number of fused-ring (bicyclic) bond motifs is 9. The van der Waals surface area contributed by atoms with Crippen LogP contribution in [-0.2, 0) is 5.41 Å². The normalized spacial score (nSPS) is 13.8. The average molecular weight is 555 g/mol. The second kappa shape index (κ2) is 8.49. The van der Waals surface area contributed by atoms with Gasteiger partial charge < -0.3 is 8.83 Å². The fourth-order valence-electron chi connectivity index (χ4n) is 7.54. The highest BCUT2D eigenvalue weighted by atomic mass is 16.3. The van der Waals surface area contributed by atoms with Gasteiger partial charge in [-0.25, -0.2) is 0 Å². The second-order valence-corrected chi connectivity index (χ2v) is 12.6. The van der Waals surface area contributed by atoms with E-state index in [9.17, 15) is 0 Å². The molecule has 2 heteroatoms. The van der Waals surface area contributed by atoms with Crippen LogP contribution in [0.15, 0.2) is 118 Å². The lowest BCUT2D eigenvalue weighted by molar-refractivity contribution is 0.659. The first-order valence-corrected chi connectivity index (χ1v) is 15.0. The Bertz CT molecular complexity index is 2280. The van der Waals surface area contributed by atoms with Crippen molar-refractivity contribution in [3.8, 4) is 33.4 Å². The molecule has 0 saturated heterocycles. The lowest BCUT2D eigenvalue weighted by Gasteiger charge is -2.23. The van der Waals surface area contributed by atoms with E-state index >= 15 is 0 Å². The van der Waals surface area contributed by atoms with Gasteiger partial charge in [-0.1, -0.05) is 98.8 Å². The molecule has 0 N–H and O–H groups in total. The average Bonchev–Trinajstić information content (AvgIpc) is 3.65. The zero-order valence-electron chi connectivity index (χ0n) is 24.7. The highest BCUT2D eigenvalue weighted by molar-refractivity contribution is 6.11. The van der Waals surface area contributed by atoms with Crippen LogP contribution in [-0.4, -0.2) is 0 Å². The van der Waals surface area contributed by atoms with E-state index in [-0.39, 0.29) is 5.41 Å². The number of aryl methyl sites for hydroxylation is 2. The Hall–Kier alpha value is -5.08. The van der Waals surface area contributed by atoms with Crippen molar-refractivity contribution in [2.75, 3.05) is 0 Å². The Kier molecular flexibility index (Phi) is 4.84. The van der Waals surface area contributed by atoms with Crippen molar-refractivity contribution in [3.63, 3.8) is 0 Å². The van der Waals surface area contributed by atoms with E-state index < -0.39 is 0 Å². The standard InChI is InChI=1S/C41H30O2/c1-23-19-33-34-20-24(2)32(30-16-10-14-28-26-12-6-8-18-38(26)43-40(28)30)22-36(34)41(3,4)35(33)21-31(23)29-15-9-13-27-25-11-5-7-17-37(25)42-39(27)29/h5-22H,1-4H3. The van der Waals surface area contributed by atoms with E-state index in [4.69, 9.17) is 8.83 Å². The van der Waals surface area contributed by atoms with Crippen LogP contribution in [0.5, 0.6) is 0 Å². The first-order chi connectivity index (χ1) is 20.9. The number of furan rings is 2. The predicted octanol–water partition coefficient (Wildman–Crippen LogP) is 11.7. The predicted molar refractivity (Wildman–Crippen MR) is 179 cm³/mol. The van der Waals surface area contributed by atoms with E-state index in [2.05, 4.69) is 125 Å². The molecule has 2 heterocycles. The maximum Gasteiger partial charge on any atom is 0.143 e. The largest absolute Gasteiger partial charge is 0.455 e. The van der Waals surface area contributed by atoms with Gasteiger partial charge in [0.25, 0.3) is 0 Å². The Morgan fingerprint density at radius 3 is 1.30 bits per heavy atom. The molecule has 0 unspecified atom stereocenters. The SMILES string of the molecule is Cc1cc2c(cc1-c1cccc3c1oc1ccccc13)C(C)(C)c1cc(-c3cccc4c3oc3ccccc34)c(C)cc1-2. The molecule has 0 amide bonds. The van der Waals surface area contributed by atoms with Crippen molar-refractivity contribution in [1.29, 1.82) is 0 Å². The summed E-state index contributed by atoms with van der Waals surface area (Å²) in [6, 6.07) is 39.3. The summed E-state index contributed by atoms with van der Waals surface area (Å²) in [6.07, 6.45) is 0. The topological polar surface area (TPSA) is 26.3 Å². The van der Waals surface area contributed by atoms with E-state index in [1.54, 1.807) is 0 Å². The lowest BCUT2D eigenvalue weighted by atomic mass is 9.80. The molecule has 43 heavy (non-hydrogen) atoms. The molecule has 6 aromatic carbocycles. The van der Waals surface area contributed by atoms with E-state index in [1.807, 2.05) is 12.1 Å². The van der Waals surface area contributed by atoms with E-state index in [1.165, 1.54) is 44.5 Å². The molecule has 1 aliphatic rings. The van der Waals surface area contributed by atoms with Gasteiger partial charge in [0.15, 0.2) is 0 Å². The lowest BCUT2D eigenvalue weighted by Crippen LogP contribution is -2.15.